The Morgan fingerprint density at radius 3 is 2.94 bits per heavy atom. The molecule has 1 rings (SSSR count). The van der Waals surface area contributed by atoms with E-state index in [1.807, 2.05) is 24.6 Å². The van der Waals surface area contributed by atoms with Gasteiger partial charge >= 0.3 is 0 Å². The normalized spacial score (nSPS) is 11.0. The van der Waals surface area contributed by atoms with Crippen molar-refractivity contribution in [2.75, 3.05) is 6.61 Å². The lowest BCUT2D eigenvalue weighted by Crippen LogP contribution is -2.17. The molecule has 4 nitrogen and oxygen atoms in total. The Balaban J connectivity index is 2.46. The van der Waals surface area contributed by atoms with Crippen LogP contribution in [0.4, 0.5) is 0 Å². The Morgan fingerprint density at radius 1 is 1.56 bits per heavy atom. The molecule has 16 heavy (non-hydrogen) atoms. The zero-order valence-corrected chi connectivity index (χ0v) is 10.3. The Morgan fingerprint density at radius 2 is 2.31 bits per heavy atom. The monoisotopic (exact) mass is 224 g/mol. The van der Waals surface area contributed by atoms with Crippen LogP contribution < -0.4 is 0 Å². The summed E-state index contributed by atoms with van der Waals surface area (Å²) in [5.74, 6) is 0.913. The topological polar surface area (TPSA) is 44.1 Å². The van der Waals surface area contributed by atoms with E-state index in [9.17, 15) is 4.79 Å². The second-order valence-electron chi connectivity index (χ2n) is 4.11. The highest BCUT2D eigenvalue weighted by Gasteiger charge is 2.09. The highest BCUT2D eigenvalue weighted by Crippen LogP contribution is 2.02. The molecule has 1 heterocycles. The summed E-state index contributed by atoms with van der Waals surface area (Å²) in [4.78, 5) is 15.8. The minimum absolute atomic E-state index is 0.0808. The minimum Gasteiger partial charge on any atom is -0.371 e. The number of rotatable bonds is 7. The number of hydrogen-bond donors (Lipinski definition) is 0. The molecular formula is C12H20N2O2. The number of carbonyl (C=O) groups excluding carboxylic acids is 1. The highest BCUT2D eigenvalue weighted by atomic mass is 16.5. The first-order valence-electron chi connectivity index (χ1n) is 5.76. The summed E-state index contributed by atoms with van der Waals surface area (Å²) in [6, 6.07) is 0. The number of aromatic nitrogens is 2. The lowest BCUT2D eigenvalue weighted by atomic mass is 10.3. The van der Waals surface area contributed by atoms with Crippen molar-refractivity contribution >= 4 is 5.78 Å². The van der Waals surface area contributed by atoms with Crippen molar-refractivity contribution in [3.63, 3.8) is 0 Å². The first-order valence-corrected chi connectivity index (χ1v) is 5.76. The summed E-state index contributed by atoms with van der Waals surface area (Å²) in [7, 11) is 0. The third kappa shape index (κ3) is 4.14. The molecule has 1 aromatic rings. The van der Waals surface area contributed by atoms with Crippen molar-refractivity contribution < 1.29 is 9.53 Å². The van der Waals surface area contributed by atoms with Gasteiger partial charge < -0.3 is 9.30 Å². The number of ether oxygens (including phenoxy) is 1. The average molecular weight is 224 g/mol. The predicted octanol–water partition coefficient (Wildman–Crippen LogP) is 1.83. The van der Waals surface area contributed by atoms with Crippen molar-refractivity contribution in [3.05, 3.63) is 18.2 Å². The van der Waals surface area contributed by atoms with Gasteiger partial charge in [0.15, 0.2) is 5.78 Å². The SMILES string of the molecule is CCCn1ccnc1CC(=O)COC(C)C. The number of hydrogen-bond acceptors (Lipinski definition) is 3. The van der Waals surface area contributed by atoms with Gasteiger partial charge in [-0.05, 0) is 20.3 Å². The van der Waals surface area contributed by atoms with Gasteiger partial charge in [0.25, 0.3) is 0 Å². The van der Waals surface area contributed by atoms with Crippen LogP contribution in [-0.4, -0.2) is 28.0 Å². The maximum atomic E-state index is 11.6. The van der Waals surface area contributed by atoms with Crippen LogP contribution in [0.25, 0.3) is 0 Å². The van der Waals surface area contributed by atoms with Gasteiger partial charge in [-0.15, -0.1) is 0 Å². The number of ketones is 1. The molecule has 0 amide bonds. The predicted molar refractivity (Wildman–Crippen MR) is 62.3 cm³/mol. The molecule has 0 atom stereocenters. The van der Waals surface area contributed by atoms with E-state index < -0.39 is 0 Å². The molecule has 1 aromatic heterocycles. The summed E-state index contributed by atoms with van der Waals surface area (Å²) in [5, 5.41) is 0. The Kier molecular flexibility index (Phi) is 5.19. The van der Waals surface area contributed by atoms with Gasteiger partial charge in [0.1, 0.15) is 12.4 Å². The van der Waals surface area contributed by atoms with Crippen molar-refractivity contribution in [1.29, 1.82) is 0 Å². The van der Waals surface area contributed by atoms with Crippen LogP contribution in [0.5, 0.6) is 0 Å². The van der Waals surface area contributed by atoms with E-state index in [2.05, 4.69) is 11.9 Å². The lowest BCUT2D eigenvalue weighted by molar-refractivity contribution is -0.124. The fourth-order valence-corrected chi connectivity index (χ4v) is 1.44. The molecule has 0 aliphatic rings. The van der Waals surface area contributed by atoms with E-state index in [0.29, 0.717) is 6.42 Å². The molecule has 0 radical (unpaired) electrons. The van der Waals surface area contributed by atoms with E-state index >= 15 is 0 Å². The number of Topliss-reactive ketones (excluding diaryl/α,β-unsaturated/α-hetero) is 1. The van der Waals surface area contributed by atoms with Crippen molar-refractivity contribution in [1.82, 2.24) is 9.55 Å². The third-order valence-electron chi connectivity index (χ3n) is 2.20. The van der Waals surface area contributed by atoms with Crippen molar-refractivity contribution in [3.8, 4) is 0 Å². The molecule has 0 N–H and O–H groups in total. The molecule has 0 aromatic carbocycles. The molecule has 0 aliphatic heterocycles. The van der Waals surface area contributed by atoms with Crippen LogP contribution in [0.2, 0.25) is 0 Å². The van der Waals surface area contributed by atoms with Gasteiger partial charge in [-0.25, -0.2) is 4.98 Å². The van der Waals surface area contributed by atoms with Gasteiger partial charge in [-0.3, -0.25) is 4.79 Å². The fourth-order valence-electron chi connectivity index (χ4n) is 1.44. The van der Waals surface area contributed by atoms with E-state index in [-0.39, 0.29) is 18.5 Å². The molecule has 0 fully saturated rings. The molecule has 0 spiro atoms. The van der Waals surface area contributed by atoms with Crippen LogP contribution in [-0.2, 0) is 22.5 Å². The van der Waals surface area contributed by atoms with Crippen LogP contribution in [0.3, 0.4) is 0 Å². The largest absolute Gasteiger partial charge is 0.371 e. The van der Waals surface area contributed by atoms with Gasteiger partial charge in [0.05, 0.1) is 12.5 Å². The van der Waals surface area contributed by atoms with Crippen LogP contribution >= 0.6 is 0 Å². The smallest absolute Gasteiger partial charge is 0.165 e. The number of nitrogens with zero attached hydrogens (tertiary/aromatic N) is 2. The Bertz CT molecular complexity index is 332. The van der Waals surface area contributed by atoms with Gasteiger partial charge in [-0.2, -0.15) is 0 Å². The van der Waals surface area contributed by atoms with Crippen molar-refractivity contribution in [2.24, 2.45) is 0 Å². The Hall–Kier alpha value is -1.16. The van der Waals surface area contributed by atoms with Crippen LogP contribution in [0.15, 0.2) is 12.4 Å². The van der Waals surface area contributed by atoms with E-state index in [1.165, 1.54) is 0 Å². The average Bonchev–Trinajstić information content (AvgIpc) is 2.63. The Labute approximate surface area is 96.6 Å². The van der Waals surface area contributed by atoms with Gasteiger partial charge in [0.2, 0.25) is 0 Å². The summed E-state index contributed by atoms with van der Waals surface area (Å²) in [6.45, 7) is 7.04. The summed E-state index contributed by atoms with van der Waals surface area (Å²) < 4.78 is 7.29. The minimum atomic E-state index is 0.0808. The number of carbonyl (C=O) groups is 1. The first-order chi connectivity index (χ1) is 7.63. The number of aryl methyl sites for hydroxylation is 1. The summed E-state index contributed by atoms with van der Waals surface area (Å²) in [6.07, 6.45) is 5.15. The second-order valence-corrected chi connectivity index (χ2v) is 4.11. The van der Waals surface area contributed by atoms with E-state index in [4.69, 9.17) is 4.74 Å². The molecule has 90 valence electrons. The first kappa shape index (κ1) is 12.9. The quantitative estimate of drug-likeness (QED) is 0.709. The molecular weight excluding hydrogens is 204 g/mol. The molecule has 0 saturated heterocycles. The summed E-state index contributed by atoms with van der Waals surface area (Å²) in [5.41, 5.74) is 0. The maximum Gasteiger partial charge on any atom is 0.165 e. The van der Waals surface area contributed by atoms with E-state index in [0.717, 1.165) is 18.8 Å². The second kappa shape index (κ2) is 6.43. The lowest BCUT2D eigenvalue weighted by Gasteiger charge is -2.08. The standard InChI is InChI=1S/C12H20N2O2/c1-4-6-14-7-5-13-12(14)8-11(15)9-16-10(2)3/h5,7,10H,4,6,8-9H2,1-3H3. The van der Waals surface area contributed by atoms with Crippen LogP contribution in [0, 0.1) is 0 Å². The number of imidazole rings is 1. The molecule has 0 aliphatic carbocycles. The van der Waals surface area contributed by atoms with Crippen molar-refractivity contribution in [2.45, 2.75) is 46.3 Å². The van der Waals surface area contributed by atoms with Crippen LogP contribution in [0.1, 0.15) is 33.0 Å². The molecule has 4 heteroatoms. The fraction of sp³-hybridized carbons (Fsp3) is 0.667. The van der Waals surface area contributed by atoms with Gasteiger partial charge in [0, 0.05) is 18.9 Å². The maximum absolute atomic E-state index is 11.6. The molecule has 0 unspecified atom stereocenters. The zero-order chi connectivity index (χ0) is 12.0. The van der Waals surface area contributed by atoms with Gasteiger partial charge in [-0.1, -0.05) is 6.92 Å². The summed E-state index contributed by atoms with van der Waals surface area (Å²) >= 11 is 0. The molecule has 0 bridgehead atoms. The van der Waals surface area contributed by atoms with E-state index in [1.54, 1.807) is 6.20 Å². The molecule has 0 saturated carbocycles. The zero-order valence-electron chi connectivity index (χ0n) is 10.3. The highest BCUT2D eigenvalue weighted by molar-refractivity contribution is 5.81. The third-order valence-corrected chi connectivity index (χ3v) is 2.20.